The number of aromatic nitrogens is 1. The van der Waals surface area contributed by atoms with Crippen molar-refractivity contribution < 1.29 is 14.6 Å². The van der Waals surface area contributed by atoms with E-state index in [4.69, 9.17) is 0 Å². The first-order chi connectivity index (χ1) is 9.51. The fourth-order valence-electron chi connectivity index (χ4n) is 2.62. The molecule has 20 heavy (non-hydrogen) atoms. The molecule has 2 rings (SSSR count). The fraction of sp³-hybridized carbons (Fsp3) is 0.571. The van der Waals surface area contributed by atoms with Gasteiger partial charge in [-0.3, -0.25) is 0 Å². The predicted molar refractivity (Wildman–Crippen MR) is 75.9 cm³/mol. The highest BCUT2D eigenvalue weighted by Gasteiger charge is 2.31. The van der Waals surface area contributed by atoms with E-state index in [1.165, 1.54) is 7.11 Å². The van der Waals surface area contributed by atoms with E-state index < -0.39 is 5.97 Å². The van der Waals surface area contributed by atoms with Crippen molar-refractivity contribution in [1.29, 1.82) is 0 Å². The molecule has 6 heteroatoms. The SMILES string of the molecule is COC(=O)c1cc(N2CC(O)CC2CN(C)C)ccn1. The number of carbonyl (C=O) groups is 1. The van der Waals surface area contributed by atoms with Crippen molar-refractivity contribution >= 4 is 11.7 Å². The molecule has 110 valence electrons. The van der Waals surface area contributed by atoms with Crippen molar-refractivity contribution in [3.63, 3.8) is 0 Å². The van der Waals surface area contributed by atoms with Crippen molar-refractivity contribution in [2.24, 2.45) is 0 Å². The smallest absolute Gasteiger partial charge is 0.356 e. The third-order valence-corrected chi connectivity index (χ3v) is 3.44. The van der Waals surface area contributed by atoms with Crippen LogP contribution in [0.5, 0.6) is 0 Å². The van der Waals surface area contributed by atoms with Gasteiger partial charge in [-0.05, 0) is 32.6 Å². The molecule has 2 unspecified atom stereocenters. The minimum Gasteiger partial charge on any atom is -0.464 e. The van der Waals surface area contributed by atoms with Crippen LogP contribution in [0, 0.1) is 0 Å². The zero-order valence-corrected chi connectivity index (χ0v) is 12.1. The maximum atomic E-state index is 11.5. The molecule has 1 aliphatic rings. The Bertz CT molecular complexity index is 478. The van der Waals surface area contributed by atoms with Gasteiger partial charge in [0.25, 0.3) is 0 Å². The summed E-state index contributed by atoms with van der Waals surface area (Å²) in [5.41, 5.74) is 1.18. The van der Waals surface area contributed by atoms with Crippen LogP contribution in [0.4, 0.5) is 5.69 Å². The van der Waals surface area contributed by atoms with Crippen LogP contribution in [-0.2, 0) is 4.74 Å². The Hall–Kier alpha value is -1.66. The van der Waals surface area contributed by atoms with Gasteiger partial charge in [0.2, 0.25) is 0 Å². The number of likely N-dealkylation sites (N-methyl/N-ethyl adjacent to an activating group) is 1. The summed E-state index contributed by atoms with van der Waals surface area (Å²) in [6.07, 6.45) is 1.99. The Kier molecular flexibility index (Phi) is 4.57. The number of methoxy groups -OCH3 is 1. The molecule has 1 aromatic rings. The van der Waals surface area contributed by atoms with Crippen LogP contribution in [0.1, 0.15) is 16.9 Å². The molecule has 1 fully saturated rings. The highest BCUT2D eigenvalue weighted by atomic mass is 16.5. The zero-order chi connectivity index (χ0) is 14.7. The van der Waals surface area contributed by atoms with Crippen LogP contribution in [0.15, 0.2) is 18.3 Å². The lowest BCUT2D eigenvalue weighted by Crippen LogP contribution is -2.37. The second-order valence-corrected chi connectivity index (χ2v) is 5.35. The van der Waals surface area contributed by atoms with E-state index in [0.29, 0.717) is 6.54 Å². The molecular weight excluding hydrogens is 258 g/mol. The maximum absolute atomic E-state index is 11.5. The van der Waals surface area contributed by atoms with Gasteiger partial charge in [-0.25, -0.2) is 9.78 Å². The molecule has 0 amide bonds. The van der Waals surface area contributed by atoms with Gasteiger partial charge >= 0.3 is 5.97 Å². The monoisotopic (exact) mass is 279 g/mol. The number of aliphatic hydroxyl groups is 1. The normalized spacial score (nSPS) is 22.4. The van der Waals surface area contributed by atoms with E-state index in [1.807, 2.05) is 20.2 Å². The van der Waals surface area contributed by atoms with Gasteiger partial charge in [-0.2, -0.15) is 0 Å². The molecular formula is C14H21N3O3. The number of hydrogen-bond acceptors (Lipinski definition) is 6. The number of β-amino-alcohol motifs (C(OH)–C–C–N with tert-alkyl or cyclic N) is 1. The van der Waals surface area contributed by atoms with E-state index in [2.05, 4.69) is 19.5 Å². The lowest BCUT2D eigenvalue weighted by molar-refractivity contribution is 0.0594. The second-order valence-electron chi connectivity index (χ2n) is 5.35. The number of anilines is 1. The second kappa shape index (κ2) is 6.19. The summed E-state index contributed by atoms with van der Waals surface area (Å²) >= 11 is 0. The topological polar surface area (TPSA) is 65.9 Å². The minimum absolute atomic E-state index is 0.230. The molecule has 1 saturated heterocycles. The summed E-state index contributed by atoms with van der Waals surface area (Å²) in [5, 5.41) is 9.90. The number of ether oxygens (including phenoxy) is 1. The number of carbonyl (C=O) groups excluding carboxylic acids is 1. The molecule has 1 aromatic heterocycles. The summed E-state index contributed by atoms with van der Waals surface area (Å²) in [7, 11) is 5.36. The van der Waals surface area contributed by atoms with Crippen LogP contribution in [0.3, 0.4) is 0 Å². The zero-order valence-electron chi connectivity index (χ0n) is 12.1. The van der Waals surface area contributed by atoms with Crippen LogP contribution >= 0.6 is 0 Å². The van der Waals surface area contributed by atoms with Crippen LogP contribution in [0.25, 0.3) is 0 Å². The summed E-state index contributed by atoms with van der Waals surface area (Å²) < 4.78 is 4.69. The summed E-state index contributed by atoms with van der Waals surface area (Å²) in [6.45, 7) is 1.43. The molecule has 1 aliphatic heterocycles. The molecule has 1 N–H and O–H groups in total. The van der Waals surface area contributed by atoms with Crippen molar-refractivity contribution in [3.05, 3.63) is 24.0 Å². The molecule has 2 atom stereocenters. The Morgan fingerprint density at radius 3 is 3.00 bits per heavy atom. The number of nitrogens with zero attached hydrogens (tertiary/aromatic N) is 3. The summed E-state index contributed by atoms with van der Waals surface area (Å²) in [4.78, 5) is 19.8. The molecule has 0 aliphatic carbocycles. The molecule has 0 radical (unpaired) electrons. The number of rotatable bonds is 4. The Morgan fingerprint density at radius 1 is 1.60 bits per heavy atom. The van der Waals surface area contributed by atoms with Gasteiger partial charge in [-0.1, -0.05) is 0 Å². The lowest BCUT2D eigenvalue weighted by atomic mass is 10.2. The van der Waals surface area contributed by atoms with Crippen LogP contribution < -0.4 is 4.90 Å². The minimum atomic E-state index is -0.448. The van der Waals surface area contributed by atoms with E-state index >= 15 is 0 Å². The van der Waals surface area contributed by atoms with Crippen molar-refractivity contribution in [1.82, 2.24) is 9.88 Å². The van der Waals surface area contributed by atoms with Crippen molar-refractivity contribution in [2.75, 3.05) is 39.2 Å². The highest BCUT2D eigenvalue weighted by molar-refractivity contribution is 5.88. The number of pyridine rings is 1. The van der Waals surface area contributed by atoms with Crippen molar-refractivity contribution in [3.8, 4) is 0 Å². The van der Waals surface area contributed by atoms with Gasteiger partial charge in [0.15, 0.2) is 0 Å². The average Bonchev–Trinajstić information content (AvgIpc) is 2.78. The molecule has 0 aromatic carbocycles. The first kappa shape index (κ1) is 14.7. The van der Waals surface area contributed by atoms with E-state index in [0.717, 1.165) is 18.7 Å². The maximum Gasteiger partial charge on any atom is 0.356 e. The first-order valence-corrected chi connectivity index (χ1v) is 6.65. The largest absolute Gasteiger partial charge is 0.464 e. The first-order valence-electron chi connectivity index (χ1n) is 6.65. The lowest BCUT2D eigenvalue weighted by Gasteiger charge is -2.28. The van der Waals surface area contributed by atoms with Crippen LogP contribution in [0.2, 0.25) is 0 Å². The standard InChI is InChI=1S/C14H21N3O3/c1-16(2)8-11-6-12(18)9-17(11)10-4-5-15-13(7-10)14(19)20-3/h4-5,7,11-12,18H,6,8-9H2,1-3H3. The Morgan fingerprint density at radius 2 is 2.35 bits per heavy atom. The number of hydrogen-bond donors (Lipinski definition) is 1. The third-order valence-electron chi connectivity index (χ3n) is 3.44. The predicted octanol–water partition coefficient (Wildman–Crippen LogP) is 0.369. The van der Waals surface area contributed by atoms with Gasteiger partial charge in [-0.15, -0.1) is 0 Å². The average molecular weight is 279 g/mol. The van der Waals surface area contributed by atoms with E-state index in [-0.39, 0.29) is 17.8 Å². The molecule has 6 nitrogen and oxygen atoms in total. The molecule has 2 heterocycles. The van der Waals surface area contributed by atoms with E-state index in [9.17, 15) is 9.90 Å². The fourth-order valence-corrected chi connectivity index (χ4v) is 2.62. The quantitative estimate of drug-likeness (QED) is 0.803. The number of aliphatic hydroxyl groups excluding tert-OH is 1. The Balaban J connectivity index is 2.22. The van der Waals surface area contributed by atoms with Crippen molar-refractivity contribution in [2.45, 2.75) is 18.6 Å². The highest BCUT2D eigenvalue weighted by Crippen LogP contribution is 2.26. The molecule has 0 saturated carbocycles. The molecule has 0 spiro atoms. The molecule has 0 bridgehead atoms. The number of esters is 1. The van der Waals surface area contributed by atoms with Gasteiger partial charge in [0, 0.05) is 31.0 Å². The van der Waals surface area contributed by atoms with Crippen LogP contribution in [-0.4, -0.2) is 67.4 Å². The van der Waals surface area contributed by atoms with Gasteiger partial charge in [0.1, 0.15) is 5.69 Å². The van der Waals surface area contributed by atoms with E-state index in [1.54, 1.807) is 12.3 Å². The Labute approximate surface area is 119 Å². The third kappa shape index (κ3) is 3.26. The summed E-state index contributed by atoms with van der Waals surface area (Å²) in [6, 6.07) is 3.80. The van der Waals surface area contributed by atoms with Gasteiger partial charge in [0.05, 0.1) is 13.2 Å². The summed E-state index contributed by atoms with van der Waals surface area (Å²) in [5.74, 6) is -0.448. The van der Waals surface area contributed by atoms with Gasteiger partial charge < -0.3 is 19.6 Å².